The summed E-state index contributed by atoms with van der Waals surface area (Å²) in [7, 11) is 0. The Hall–Kier alpha value is -1.36. The van der Waals surface area contributed by atoms with Crippen molar-refractivity contribution in [1.29, 1.82) is 5.53 Å². The Kier molecular flexibility index (Phi) is 2.44. The molecule has 1 heterocycles. The number of nitrogens with one attached hydrogen (secondary N) is 1. The summed E-state index contributed by atoms with van der Waals surface area (Å²) < 4.78 is 4.80. The zero-order chi connectivity index (χ0) is 9.14. The van der Waals surface area contributed by atoms with Gasteiger partial charge in [-0.1, -0.05) is 11.6 Å². The van der Waals surface area contributed by atoms with Crippen LogP contribution < -0.4 is 5.73 Å². The van der Waals surface area contributed by atoms with Gasteiger partial charge in [-0.2, -0.15) is 5.11 Å². The van der Waals surface area contributed by atoms with Crippen molar-refractivity contribution in [3.8, 4) is 0 Å². The number of nitrogens with two attached hydrogens (primary N) is 1. The van der Waals surface area contributed by atoms with Crippen LogP contribution in [0.3, 0.4) is 0 Å². The van der Waals surface area contributed by atoms with E-state index < -0.39 is 12.0 Å². The minimum atomic E-state index is -1.04. The molecule has 0 saturated heterocycles. The van der Waals surface area contributed by atoms with Gasteiger partial charge in [0, 0.05) is 0 Å². The molecule has 1 unspecified atom stereocenters. The van der Waals surface area contributed by atoms with Gasteiger partial charge in [0.2, 0.25) is 6.10 Å². The van der Waals surface area contributed by atoms with Gasteiger partial charge in [0.15, 0.2) is 0 Å². The van der Waals surface area contributed by atoms with Gasteiger partial charge in [-0.05, 0) is 6.08 Å². The standard InChI is InChI=1S/C6H6ClN3O2/c7-3-1-2-12-5(6(8)11)4(3)10-9/h1-2,5,9H,(H2,8,11). The van der Waals surface area contributed by atoms with E-state index in [0.29, 0.717) is 0 Å². The minimum Gasteiger partial charge on any atom is -0.482 e. The smallest absolute Gasteiger partial charge is 0.264 e. The van der Waals surface area contributed by atoms with Gasteiger partial charge in [0.25, 0.3) is 5.91 Å². The Morgan fingerprint density at radius 2 is 2.50 bits per heavy atom. The van der Waals surface area contributed by atoms with Gasteiger partial charge in [0.05, 0.1) is 11.3 Å². The van der Waals surface area contributed by atoms with Gasteiger partial charge in [-0.25, -0.2) is 5.53 Å². The van der Waals surface area contributed by atoms with E-state index in [1.54, 1.807) is 0 Å². The van der Waals surface area contributed by atoms with Gasteiger partial charge in [-0.3, -0.25) is 4.79 Å². The molecule has 12 heavy (non-hydrogen) atoms. The molecule has 5 nitrogen and oxygen atoms in total. The number of nitrogens with zero attached hydrogens (tertiary/aromatic N) is 1. The summed E-state index contributed by atoms with van der Waals surface area (Å²) in [5.74, 6) is -0.719. The second kappa shape index (κ2) is 3.36. The average Bonchev–Trinajstić information content (AvgIpc) is 2.03. The van der Waals surface area contributed by atoms with Crippen molar-refractivity contribution in [2.75, 3.05) is 0 Å². The highest BCUT2D eigenvalue weighted by atomic mass is 35.5. The first-order valence-corrected chi connectivity index (χ1v) is 3.43. The highest BCUT2D eigenvalue weighted by molar-refractivity contribution is 6.31. The molecular formula is C6H6ClN3O2. The lowest BCUT2D eigenvalue weighted by atomic mass is 10.2. The summed E-state index contributed by atoms with van der Waals surface area (Å²) in [6, 6.07) is 0. The molecule has 0 radical (unpaired) electrons. The van der Waals surface area contributed by atoms with E-state index in [1.807, 2.05) is 0 Å². The van der Waals surface area contributed by atoms with Crippen molar-refractivity contribution in [2.45, 2.75) is 6.10 Å². The van der Waals surface area contributed by atoms with Gasteiger partial charge >= 0.3 is 0 Å². The number of hydrogen-bond acceptors (Lipinski definition) is 4. The predicted molar refractivity (Wildman–Crippen MR) is 41.2 cm³/mol. The first-order valence-electron chi connectivity index (χ1n) is 3.05. The molecule has 1 aliphatic heterocycles. The third-order valence-corrected chi connectivity index (χ3v) is 1.62. The molecule has 0 aromatic carbocycles. The van der Waals surface area contributed by atoms with E-state index in [2.05, 4.69) is 5.11 Å². The van der Waals surface area contributed by atoms with Crippen LogP contribution in [0.4, 0.5) is 0 Å². The summed E-state index contributed by atoms with van der Waals surface area (Å²) in [4.78, 5) is 10.7. The molecule has 0 bridgehead atoms. The number of carbonyl (C=O) groups is 1. The van der Waals surface area contributed by atoms with Crippen LogP contribution in [0.25, 0.3) is 0 Å². The maximum Gasteiger partial charge on any atom is 0.264 e. The quantitative estimate of drug-likeness (QED) is 0.628. The zero-order valence-corrected chi connectivity index (χ0v) is 6.71. The van der Waals surface area contributed by atoms with Crippen molar-refractivity contribution in [3.05, 3.63) is 23.1 Å². The molecule has 1 aliphatic rings. The van der Waals surface area contributed by atoms with Crippen molar-refractivity contribution < 1.29 is 9.53 Å². The number of amides is 1. The van der Waals surface area contributed by atoms with Crippen LogP contribution >= 0.6 is 11.6 Å². The van der Waals surface area contributed by atoms with Crippen LogP contribution in [0, 0.1) is 5.53 Å². The van der Waals surface area contributed by atoms with Crippen LogP contribution in [0.5, 0.6) is 0 Å². The third kappa shape index (κ3) is 1.45. The molecule has 0 saturated carbocycles. The van der Waals surface area contributed by atoms with Crippen LogP contribution in [-0.4, -0.2) is 12.0 Å². The van der Waals surface area contributed by atoms with Crippen molar-refractivity contribution in [2.24, 2.45) is 10.8 Å². The Balaban J connectivity index is 3.01. The summed E-state index contributed by atoms with van der Waals surface area (Å²) >= 11 is 5.61. The lowest BCUT2D eigenvalue weighted by Crippen LogP contribution is -2.32. The number of ether oxygens (including phenoxy) is 1. The fourth-order valence-electron chi connectivity index (χ4n) is 0.766. The number of allylic oxidation sites excluding steroid dienone is 2. The summed E-state index contributed by atoms with van der Waals surface area (Å²) in [5, 5.41) is 3.25. The molecule has 1 rings (SSSR count). The lowest BCUT2D eigenvalue weighted by Gasteiger charge is -2.16. The second-order valence-electron chi connectivity index (χ2n) is 2.07. The summed E-state index contributed by atoms with van der Waals surface area (Å²) in [6.45, 7) is 0. The molecule has 64 valence electrons. The van der Waals surface area contributed by atoms with E-state index >= 15 is 0 Å². The van der Waals surface area contributed by atoms with Crippen molar-refractivity contribution in [3.63, 3.8) is 0 Å². The molecule has 6 heteroatoms. The third-order valence-electron chi connectivity index (χ3n) is 1.30. The number of halogens is 1. The van der Waals surface area contributed by atoms with E-state index in [9.17, 15) is 4.79 Å². The topological polar surface area (TPSA) is 88.5 Å². The summed E-state index contributed by atoms with van der Waals surface area (Å²) in [5.41, 5.74) is 11.7. The molecule has 1 atom stereocenters. The van der Waals surface area contributed by atoms with E-state index in [4.69, 9.17) is 27.6 Å². The van der Waals surface area contributed by atoms with Crippen LogP contribution in [-0.2, 0) is 9.53 Å². The SMILES string of the molecule is N=NC1=C(Cl)C=COC1C(N)=O. The maximum absolute atomic E-state index is 10.7. The number of rotatable bonds is 2. The minimum absolute atomic E-state index is 0.0340. The van der Waals surface area contributed by atoms with Gasteiger partial charge in [0.1, 0.15) is 5.70 Å². The number of carbonyl (C=O) groups excluding carboxylic acids is 1. The zero-order valence-electron chi connectivity index (χ0n) is 5.95. The second-order valence-corrected chi connectivity index (χ2v) is 2.47. The normalized spacial score (nSPS) is 21.9. The Morgan fingerprint density at radius 3 is 2.92 bits per heavy atom. The molecular weight excluding hydrogens is 182 g/mol. The largest absolute Gasteiger partial charge is 0.482 e. The molecule has 0 aliphatic carbocycles. The fraction of sp³-hybridized carbons (Fsp3) is 0.167. The maximum atomic E-state index is 10.7. The molecule has 1 amide bonds. The van der Waals surface area contributed by atoms with Crippen LogP contribution in [0.1, 0.15) is 0 Å². The highest BCUT2D eigenvalue weighted by Gasteiger charge is 2.25. The van der Waals surface area contributed by atoms with Crippen molar-refractivity contribution >= 4 is 17.5 Å². The number of primary amides is 1. The molecule has 0 spiro atoms. The van der Waals surface area contributed by atoms with E-state index in [-0.39, 0.29) is 10.7 Å². The first-order chi connectivity index (χ1) is 5.66. The number of hydrogen-bond donors (Lipinski definition) is 2. The molecule has 3 N–H and O–H groups in total. The van der Waals surface area contributed by atoms with Crippen LogP contribution in [0.2, 0.25) is 0 Å². The fourth-order valence-corrected chi connectivity index (χ4v) is 0.959. The average molecular weight is 188 g/mol. The molecule has 0 aromatic rings. The molecule has 0 aromatic heterocycles. The first kappa shape index (κ1) is 8.73. The predicted octanol–water partition coefficient (Wildman–Crippen LogP) is 0.866. The van der Waals surface area contributed by atoms with Crippen molar-refractivity contribution in [1.82, 2.24) is 0 Å². The Bertz CT molecular complexity index is 285. The van der Waals surface area contributed by atoms with E-state index in [0.717, 1.165) is 0 Å². The van der Waals surface area contributed by atoms with E-state index in [1.165, 1.54) is 12.3 Å². The van der Waals surface area contributed by atoms with Gasteiger partial charge < -0.3 is 10.5 Å². The summed E-state index contributed by atoms with van der Waals surface area (Å²) in [6.07, 6.45) is 1.60. The highest BCUT2D eigenvalue weighted by Crippen LogP contribution is 2.22. The van der Waals surface area contributed by atoms with Gasteiger partial charge in [-0.15, -0.1) is 0 Å². The monoisotopic (exact) mass is 187 g/mol. The lowest BCUT2D eigenvalue weighted by molar-refractivity contribution is -0.124. The molecule has 0 fully saturated rings. The Labute approximate surface area is 73.3 Å². The Morgan fingerprint density at radius 1 is 1.83 bits per heavy atom. The van der Waals surface area contributed by atoms with Crippen LogP contribution in [0.15, 0.2) is 28.2 Å².